The highest BCUT2D eigenvalue weighted by molar-refractivity contribution is 6.27. The second kappa shape index (κ2) is 8.79. The lowest BCUT2D eigenvalue weighted by molar-refractivity contribution is -0.0995. The SMILES string of the molecule is Cc1cc(C)c(C2(C3=Nc4nccn4C3)C(C(F)(F)F)=C(CN3CC=CCC3)C=CC2Cl)c(C)c1. The minimum absolute atomic E-state index is 0.197. The molecule has 3 aliphatic rings. The van der Waals surface area contributed by atoms with Gasteiger partial charge in [0.1, 0.15) is 0 Å². The van der Waals surface area contributed by atoms with E-state index in [4.69, 9.17) is 11.6 Å². The molecule has 184 valence electrons. The van der Waals surface area contributed by atoms with E-state index in [9.17, 15) is 0 Å². The third-order valence-corrected chi connectivity index (χ3v) is 7.66. The maximum atomic E-state index is 15.3. The van der Waals surface area contributed by atoms with E-state index in [0.29, 0.717) is 23.8 Å². The maximum Gasteiger partial charge on any atom is 0.414 e. The first kappa shape index (κ1) is 24.1. The Labute approximate surface area is 208 Å². The van der Waals surface area contributed by atoms with Gasteiger partial charge in [-0.05, 0) is 49.5 Å². The molecule has 0 amide bonds. The van der Waals surface area contributed by atoms with Gasteiger partial charge in [0.05, 0.1) is 28.6 Å². The molecule has 1 aromatic carbocycles. The van der Waals surface area contributed by atoms with Crippen molar-refractivity contribution >= 4 is 23.3 Å². The predicted octanol–water partition coefficient (Wildman–Crippen LogP) is 6.13. The number of imidazole rings is 1. The maximum absolute atomic E-state index is 15.3. The third-order valence-electron chi connectivity index (χ3n) is 7.19. The Balaban J connectivity index is 1.81. The first-order valence-corrected chi connectivity index (χ1v) is 12.2. The van der Waals surface area contributed by atoms with Crippen molar-refractivity contribution < 1.29 is 13.2 Å². The number of hydrogen-bond acceptors (Lipinski definition) is 3. The topological polar surface area (TPSA) is 33.4 Å². The lowest BCUT2D eigenvalue weighted by Crippen LogP contribution is -2.53. The Morgan fingerprint density at radius 3 is 2.51 bits per heavy atom. The van der Waals surface area contributed by atoms with Crippen LogP contribution in [0.2, 0.25) is 0 Å². The van der Waals surface area contributed by atoms with E-state index in [1.54, 1.807) is 29.1 Å². The molecule has 0 bridgehead atoms. The molecule has 3 heterocycles. The van der Waals surface area contributed by atoms with Gasteiger partial charge in [-0.1, -0.05) is 42.0 Å². The molecule has 2 unspecified atom stereocenters. The number of hydrogen-bond donors (Lipinski definition) is 0. The van der Waals surface area contributed by atoms with Gasteiger partial charge >= 0.3 is 6.18 Å². The van der Waals surface area contributed by atoms with Crippen molar-refractivity contribution in [2.45, 2.75) is 50.7 Å². The summed E-state index contributed by atoms with van der Waals surface area (Å²) in [4.78, 5) is 11.0. The van der Waals surface area contributed by atoms with Crippen LogP contribution in [0, 0.1) is 20.8 Å². The molecular weight excluding hydrogens is 473 g/mol. The molecule has 4 nitrogen and oxygen atoms in total. The van der Waals surface area contributed by atoms with Crippen molar-refractivity contribution in [3.63, 3.8) is 0 Å². The molecule has 1 aliphatic carbocycles. The van der Waals surface area contributed by atoms with Crippen LogP contribution in [0.4, 0.5) is 19.1 Å². The molecule has 2 atom stereocenters. The second-order valence-corrected chi connectivity index (χ2v) is 10.1. The highest BCUT2D eigenvalue weighted by Gasteiger charge is 2.59. The summed E-state index contributed by atoms with van der Waals surface area (Å²) in [7, 11) is 0. The number of nitrogens with zero attached hydrogens (tertiary/aromatic N) is 4. The number of alkyl halides is 4. The summed E-state index contributed by atoms with van der Waals surface area (Å²) >= 11 is 7.00. The molecule has 0 radical (unpaired) electrons. The number of aromatic nitrogens is 2. The van der Waals surface area contributed by atoms with E-state index < -0.39 is 22.5 Å². The summed E-state index contributed by atoms with van der Waals surface area (Å²) in [5.41, 5.74) is 1.48. The molecule has 0 fully saturated rings. The fraction of sp³-hybridized carbons (Fsp3) is 0.407. The first-order chi connectivity index (χ1) is 16.6. The van der Waals surface area contributed by atoms with Gasteiger partial charge in [0.15, 0.2) is 0 Å². The van der Waals surface area contributed by atoms with Gasteiger partial charge in [-0.25, -0.2) is 9.98 Å². The van der Waals surface area contributed by atoms with Crippen LogP contribution in [0.25, 0.3) is 0 Å². The quantitative estimate of drug-likeness (QED) is 0.374. The molecule has 2 aromatic rings. The van der Waals surface area contributed by atoms with Gasteiger partial charge in [0, 0.05) is 32.0 Å². The monoisotopic (exact) mass is 500 g/mol. The lowest BCUT2D eigenvalue weighted by atomic mass is 9.61. The molecule has 2 aliphatic heterocycles. The minimum atomic E-state index is -4.62. The molecule has 0 spiro atoms. The normalized spacial score (nSPS) is 24.8. The van der Waals surface area contributed by atoms with E-state index in [1.807, 2.05) is 43.9 Å². The van der Waals surface area contributed by atoms with Crippen LogP contribution >= 0.6 is 11.6 Å². The van der Waals surface area contributed by atoms with Crippen molar-refractivity contribution in [3.8, 4) is 0 Å². The zero-order valence-electron chi connectivity index (χ0n) is 20.0. The number of benzene rings is 1. The molecule has 5 rings (SSSR count). The molecular formula is C27H28ClF3N4. The zero-order chi connectivity index (χ0) is 25.0. The van der Waals surface area contributed by atoms with Gasteiger partial charge < -0.3 is 4.57 Å². The van der Waals surface area contributed by atoms with Crippen LogP contribution in [0.5, 0.6) is 0 Å². The molecule has 0 saturated carbocycles. The standard InChI is InChI=1S/C27H28ClF3N4/c1-17-13-18(2)23(19(3)14-17)26(22-16-35-12-9-32-25(35)33-22)21(28)8-7-20(24(26)27(29,30)31)15-34-10-5-4-6-11-34/h4-5,7-9,12-14,21H,6,10-11,15-16H2,1-3H3. The van der Waals surface area contributed by atoms with E-state index in [2.05, 4.69) is 16.1 Å². The largest absolute Gasteiger partial charge is 0.414 e. The van der Waals surface area contributed by atoms with Gasteiger partial charge in [-0.15, -0.1) is 11.6 Å². The van der Waals surface area contributed by atoms with Crippen LogP contribution in [0.3, 0.4) is 0 Å². The Hall–Kier alpha value is -2.64. The van der Waals surface area contributed by atoms with Crippen molar-refractivity contribution in [1.82, 2.24) is 14.5 Å². The highest BCUT2D eigenvalue weighted by atomic mass is 35.5. The van der Waals surface area contributed by atoms with Crippen molar-refractivity contribution in [2.24, 2.45) is 4.99 Å². The fourth-order valence-electron chi connectivity index (χ4n) is 6.01. The first-order valence-electron chi connectivity index (χ1n) is 11.8. The van der Waals surface area contributed by atoms with Crippen LogP contribution in [-0.4, -0.2) is 51.4 Å². The smallest absolute Gasteiger partial charge is 0.310 e. The summed E-state index contributed by atoms with van der Waals surface area (Å²) in [6.45, 7) is 7.44. The average Bonchev–Trinajstić information content (AvgIpc) is 3.37. The highest BCUT2D eigenvalue weighted by Crippen LogP contribution is 2.54. The number of fused-ring (bicyclic) bond motifs is 1. The van der Waals surface area contributed by atoms with E-state index in [-0.39, 0.29) is 18.7 Å². The summed E-state index contributed by atoms with van der Waals surface area (Å²) < 4.78 is 47.6. The lowest BCUT2D eigenvalue weighted by Gasteiger charge is -2.45. The summed E-state index contributed by atoms with van der Waals surface area (Å²) in [6.07, 6.45) is 6.93. The average molecular weight is 501 g/mol. The van der Waals surface area contributed by atoms with Crippen molar-refractivity contribution in [2.75, 3.05) is 19.6 Å². The second-order valence-electron chi connectivity index (χ2n) is 9.65. The third kappa shape index (κ3) is 3.99. The molecule has 0 saturated heterocycles. The van der Waals surface area contributed by atoms with Crippen LogP contribution in [0.1, 0.15) is 28.7 Å². The molecule has 35 heavy (non-hydrogen) atoms. The summed E-state index contributed by atoms with van der Waals surface area (Å²) in [5.74, 6) is 0.407. The Kier molecular flexibility index (Phi) is 6.04. The molecule has 0 N–H and O–H groups in total. The number of halogens is 4. The van der Waals surface area contributed by atoms with Crippen LogP contribution in [0.15, 0.2) is 65.0 Å². The molecule has 1 aromatic heterocycles. The molecule has 8 heteroatoms. The summed E-state index contributed by atoms with van der Waals surface area (Å²) in [6, 6.07) is 3.87. The Morgan fingerprint density at radius 1 is 1.14 bits per heavy atom. The number of rotatable bonds is 4. The van der Waals surface area contributed by atoms with Crippen molar-refractivity contribution in [1.29, 1.82) is 0 Å². The van der Waals surface area contributed by atoms with E-state index in [1.165, 1.54) is 0 Å². The van der Waals surface area contributed by atoms with E-state index >= 15 is 13.2 Å². The Morgan fingerprint density at radius 2 is 1.89 bits per heavy atom. The van der Waals surface area contributed by atoms with Crippen LogP contribution < -0.4 is 0 Å². The Bertz CT molecular complexity index is 1260. The van der Waals surface area contributed by atoms with Gasteiger partial charge in [0.25, 0.3) is 0 Å². The van der Waals surface area contributed by atoms with Gasteiger partial charge in [-0.3, -0.25) is 4.90 Å². The zero-order valence-corrected chi connectivity index (χ0v) is 20.8. The number of aliphatic imine (C=N–C) groups is 1. The van der Waals surface area contributed by atoms with Crippen LogP contribution in [-0.2, 0) is 12.0 Å². The summed E-state index contributed by atoms with van der Waals surface area (Å²) in [5, 5.41) is -0.965. The number of allylic oxidation sites excluding steroid dienone is 2. The van der Waals surface area contributed by atoms with Crippen molar-refractivity contribution in [3.05, 3.63) is 82.2 Å². The fourth-order valence-corrected chi connectivity index (χ4v) is 6.43. The predicted molar refractivity (Wildman–Crippen MR) is 134 cm³/mol. The van der Waals surface area contributed by atoms with Gasteiger partial charge in [-0.2, -0.15) is 13.2 Å². The van der Waals surface area contributed by atoms with E-state index in [0.717, 1.165) is 29.7 Å². The minimum Gasteiger partial charge on any atom is -0.310 e. The van der Waals surface area contributed by atoms with Gasteiger partial charge in [0.2, 0.25) is 5.95 Å². The number of aryl methyl sites for hydroxylation is 3.